The normalized spacial score (nSPS) is 11.3. The summed E-state index contributed by atoms with van der Waals surface area (Å²) >= 11 is 0. The van der Waals surface area contributed by atoms with Crippen molar-refractivity contribution in [2.24, 2.45) is 0 Å². The van der Waals surface area contributed by atoms with Gasteiger partial charge in [-0.25, -0.2) is 14.3 Å². The van der Waals surface area contributed by atoms with Gasteiger partial charge < -0.3 is 5.11 Å². The summed E-state index contributed by atoms with van der Waals surface area (Å²) in [5, 5.41) is 14.0. The highest BCUT2D eigenvalue weighted by atomic mass is 16.4. The van der Waals surface area contributed by atoms with Gasteiger partial charge in [-0.1, -0.05) is 81.7 Å². The van der Waals surface area contributed by atoms with Crippen LogP contribution in [0.25, 0.3) is 17.2 Å². The van der Waals surface area contributed by atoms with E-state index >= 15 is 0 Å². The van der Waals surface area contributed by atoms with Gasteiger partial charge in [0.15, 0.2) is 5.82 Å². The SMILES string of the molecule is CCC=Cc1nn(CCCCCC)c(=O)n1Cc1ccc(-c2ccccc2C(=O)O)cc1. The molecule has 0 spiro atoms. The van der Waals surface area contributed by atoms with Crippen molar-refractivity contribution in [3.63, 3.8) is 0 Å². The van der Waals surface area contributed by atoms with E-state index in [2.05, 4.69) is 12.0 Å². The molecule has 0 atom stereocenters. The van der Waals surface area contributed by atoms with Gasteiger partial charge in [-0.3, -0.25) is 4.57 Å². The van der Waals surface area contributed by atoms with Crippen LogP contribution in [0.1, 0.15) is 67.7 Å². The molecule has 6 heteroatoms. The molecule has 3 aromatic rings. The fraction of sp³-hybridized carbons (Fsp3) is 0.346. The van der Waals surface area contributed by atoms with E-state index in [9.17, 15) is 14.7 Å². The number of carboxylic acids is 1. The highest BCUT2D eigenvalue weighted by molar-refractivity contribution is 5.95. The number of hydrogen-bond donors (Lipinski definition) is 1. The van der Waals surface area contributed by atoms with E-state index in [4.69, 9.17) is 0 Å². The molecule has 1 heterocycles. The Balaban J connectivity index is 1.85. The monoisotopic (exact) mass is 433 g/mol. The van der Waals surface area contributed by atoms with Crippen molar-refractivity contribution in [3.05, 3.63) is 82.0 Å². The lowest BCUT2D eigenvalue weighted by Gasteiger charge is -2.08. The Labute approximate surface area is 188 Å². The molecule has 3 rings (SSSR count). The minimum Gasteiger partial charge on any atom is -0.478 e. The molecule has 0 amide bonds. The van der Waals surface area contributed by atoms with Crippen molar-refractivity contribution >= 4 is 12.0 Å². The number of benzene rings is 2. The molecular weight excluding hydrogens is 402 g/mol. The molecule has 168 valence electrons. The van der Waals surface area contributed by atoms with Gasteiger partial charge in [0.1, 0.15) is 0 Å². The summed E-state index contributed by atoms with van der Waals surface area (Å²) in [7, 11) is 0. The van der Waals surface area contributed by atoms with Crippen LogP contribution in [-0.4, -0.2) is 25.4 Å². The summed E-state index contributed by atoms with van der Waals surface area (Å²) in [6, 6.07) is 14.6. The van der Waals surface area contributed by atoms with Crippen LogP contribution in [0, 0.1) is 0 Å². The smallest absolute Gasteiger partial charge is 0.346 e. The molecule has 2 aromatic carbocycles. The Hall–Kier alpha value is -3.41. The van der Waals surface area contributed by atoms with Crippen LogP contribution < -0.4 is 5.69 Å². The first kappa shape index (κ1) is 23.3. The maximum absolute atomic E-state index is 13.0. The van der Waals surface area contributed by atoms with Crippen LogP contribution in [-0.2, 0) is 13.1 Å². The molecule has 0 aliphatic carbocycles. The molecule has 1 N–H and O–H groups in total. The summed E-state index contributed by atoms with van der Waals surface area (Å²) in [6.45, 7) is 5.26. The topological polar surface area (TPSA) is 77.1 Å². The fourth-order valence-electron chi connectivity index (χ4n) is 3.68. The number of hydrogen-bond acceptors (Lipinski definition) is 3. The van der Waals surface area contributed by atoms with Crippen molar-refractivity contribution < 1.29 is 9.90 Å². The third-order valence-corrected chi connectivity index (χ3v) is 5.44. The Morgan fingerprint density at radius 1 is 1.03 bits per heavy atom. The first-order chi connectivity index (χ1) is 15.5. The van der Waals surface area contributed by atoms with Crippen molar-refractivity contribution in [2.75, 3.05) is 0 Å². The van der Waals surface area contributed by atoms with Crippen molar-refractivity contribution in [1.29, 1.82) is 0 Å². The van der Waals surface area contributed by atoms with E-state index in [0.29, 0.717) is 24.5 Å². The molecule has 1 aromatic heterocycles. The number of carbonyl (C=O) groups is 1. The summed E-state index contributed by atoms with van der Waals surface area (Å²) < 4.78 is 3.27. The highest BCUT2D eigenvalue weighted by Crippen LogP contribution is 2.24. The van der Waals surface area contributed by atoms with Crippen LogP contribution in [0.3, 0.4) is 0 Å². The highest BCUT2D eigenvalue weighted by Gasteiger charge is 2.13. The lowest BCUT2D eigenvalue weighted by Crippen LogP contribution is -2.25. The summed E-state index contributed by atoms with van der Waals surface area (Å²) in [5.74, 6) is -0.289. The van der Waals surface area contributed by atoms with Gasteiger partial charge >= 0.3 is 11.7 Å². The van der Waals surface area contributed by atoms with Crippen LogP contribution in [0.4, 0.5) is 0 Å². The quantitative estimate of drug-likeness (QED) is 0.407. The number of aromatic nitrogens is 3. The zero-order valence-electron chi connectivity index (χ0n) is 18.8. The number of aromatic carboxylic acids is 1. The second kappa shape index (κ2) is 11.3. The summed E-state index contributed by atoms with van der Waals surface area (Å²) in [6.07, 6.45) is 9.13. The molecule has 0 bridgehead atoms. The lowest BCUT2D eigenvalue weighted by atomic mass is 9.99. The van der Waals surface area contributed by atoms with Gasteiger partial charge in [0.2, 0.25) is 0 Å². The summed E-state index contributed by atoms with van der Waals surface area (Å²) in [4.78, 5) is 24.5. The second-order valence-corrected chi connectivity index (χ2v) is 7.87. The first-order valence-corrected chi connectivity index (χ1v) is 11.3. The number of rotatable bonds is 11. The summed E-state index contributed by atoms with van der Waals surface area (Å²) in [5.41, 5.74) is 2.64. The number of aryl methyl sites for hydroxylation is 1. The molecule has 32 heavy (non-hydrogen) atoms. The molecule has 0 saturated heterocycles. The van der Waals surface area contributed by atoms with Gasteiger partial charge in [-0.05, 0) is 41.7 Å². The van der Waals surface area contributed by atoms with Gasteiger partial charge in [0, 0.05) is 6.54 Å². The molecule has 6 nitrogen and oxygen atoms in total. The lowest BCUT2D eigenvalue weighted by molar-refractivity contribution is 0.0697. The number of unbranched alkanes of at least 4 members (excludes halogenated alkanes) is 3. The average Bonchev–Trinajstić information content (AvgIpc) is 3.10. The predicted molar refractivity (Wildman–Crippen MR) is 128 cm³/mol. The van der Waals surface area contributed by atoms with E-state index in [1.807, 2.05) is 49.4 Å². The molecule has 0 saturated carbocycles. The van der Waals surface area contributed by atoms with Crippen molar-refractivity contribution in [2.45, 2.75) is 59.0 Å². The van der Waals surface area contributed by atoms with E-state index < -0.39 is 5.97 Å². The molecular formula is C26H31N3O3. The van der Waals surface area contributed by atoms with Crippen LogP contribution >= 0.6 is 0 Å². The maximum Gasteiger partial charge on any atom is 0.346 e. The van der Waals surface area contributed by atoms with Gasteiger partial charge in [-0.2, -0.15) is 5.10 Å². The third-order valence-electron chi connectivity index (χ3n) is 5.44. The maximum atomic E-state index is 13.0. The third kappa shape index (κ3) is 5.63. The zero-order valence-corrected chi connectivity index (χ0v) is 18.8. The molecule has 0 aliphatic rings. The minimum atomic E-state index is -0.949. The Bertz CT molecular complexity index is 1120. The number of allylic oxidation sites excluding steroid dienone is 1. The largest absolute Gasteiger partial charge is 0.478 e. The Kier molecular flexibility index (Phi) is 8.20. The number of nitrogens with zero attached hydrogens (tertiary/aromatic N) is 3. The Morgan fingerprint density at radius 3 is 2.47 bits per heavy atom. The van der Waals surface area contributed by atoms with Crippen molar-refractivity contribution in [1.82, 2.24) is 14.3 Å². The zero-order chi connectivity index (χ0) is 22.9. The minimum absolute atomic E-state index is 0.0995. The van der Waals surface area contributed by atoms with E-state index in [1.165, 1.54) is 0 Å². The standard InChI is InChI=1S/C26H31N3O3/c1-3-5-7-10-18-29-26(32)28(24(27-29)13-6-4-2)19-20-14-16-21(17-15-20)22-11-8-9-12-23(22)25(30)31/h6,8-9,11-17H,3-5,7,10,18-19H2,1-2H3,(H,30,31). The van der Waals surface area contributed by atoms with Gasteiger partial charge in [-0.15, -0.1) is 0 Å². The van der Waals surface area contributed by atoms with E-state index in [0.717, 1.165) is 43.2 Å². The second-order valence-electron chi connectivity index (χ2n) is 7.87. The Morgan fingerprint density at radius 2 is 1.78 bits per heavy atom. The van der Waals surface area contributed by atoms with Gasteiger partial charge in [0.05, 0.1) is 12.1 Å². The predicted octanol–water partition coefficient (Wildman–Crippen LogP) is 5.46. The average molecular weight is 434 g/mol. The van der Waals surface area contributed by atoms with Gasteiger partial charge in [0.25, 0.3) is 0 Å². The van der Waals surface area contributed by atoms with Crippen LogP contribution in [0.15, 0.2) is 59.4 Å². The van der Waals surface area contributed by atoms with E-state index in [1.54, 1.807) is 27.4 Å². The molecule has 0 aliphatic heterocycles. The molecule has 0 fully saturated rings. The number of carboxylic acid groups (broad SMARTS) is 1. The van der Waals surface area contributed by atoms with Crippen LogP contribution in [0.2, 0.25) is 0 Å². The molecule has 0 radical (unpaired) electrons. The van der Waals surface area contributed by atoms with Crippen LogP contribution in [0.5, 0.6) is 0 Å². The van der Waals surface area contributed by atoms with Crippen molar-refractivity contribution in [3.8, 4) is 11.1 Å². The molecule has 0 unspecified atom stereocenters. The fourth-order valence-corrected chi connectivity index (χ4v) is 3.68. The van der Waals surface area contributed by atoms with E-state index in [-0.39, 0.29) is 11.3 Å². The first-order valence-electron chi connectivity index (χ1n) is 11.3.